The van der Waals surface area contributed by atoms with E-state index in [4.69, 9.17) is 0 Å². The molecule has 2 aromatic rings. The Bertz CT molecular complexity index is 852. The number of halogens is 1. The van der Waals surface area contributed by atoms with Crippen LogP contribution in [0.5, 0.6) is 0 Å². The van der Waals surface area contributed by atoms with Crippen molar-refractivity contribution in [3.8, 4) is 0 Å². The van der Waals surface area contributed by atoms with E-state index in [0.717, 1.165) is 21.1 Å². The van der Waals surface area contributed by atoms with Gasteiger partial charge in [-0.25, -0.2) is 13.2 Å². The van der Waals surface area contributed by atoms with E-state index in [1.165, 1.54) is 6.26 Å². The minimum Gasteiger partial charge on any atom is -0.312 e. The number of benzene rings is 1. The third-order valence-electron chi connectivity index (χ3n) is 3.58. The summed E-state index contributed by atoms with van der Waals surface area (Å²) in [7, 11) is 2.01. The van der Waals surface area contributed by atoms with Crippen LogP contribution >= 0.6 is 15.9 Å². The Balaban J connectivity index is 2.67. The summed E-state index contributed by atoms with van der Waals surface area (Å²) in [4.78, 5) is 12.0. The first-order valence-electron chi connectivity index (χ1n) is 6.35. The van der Waals surface area contributed by atoms with Crippen molar-refractivity contribution in [2.45, 2.75) is 6.04 Å². The molecule has 1 aromatic carbocycles. The summed E-state index contributed by atoms with van der Waals surface area (Å²) in [6.07, 6.45) is 1.21. The molecule has 0 bridgehead atoms. The maximum Gasteiger partial charge on any atom is 0.328 e. The summed E-state index contributed by atoms with van der Waals surface area (Å²) >= 11 is 3.47. The Morgan fingerprint density at radius 3 is 2.24 bits per heavy atom. The summed E-state index contributed by atoms with van der Waals surface area (Å²) in [5.74, 6) is -0.00557. The summed E-state index contributed by atoms with van der Waals surface area (Å²) in [5, 5.41) is 3.02. The van der Waals surface area contributed by atoms with Gasteiger partial charge in [0, 0.05) is 30.9 Å². The molecule has 0 fully saturated rings. The smallest absolute Gasteiger partial charge is 0.312 e. The van der Waals surface area contributed by atoms with Crippen LogP contribution in [-0.2, 0) is 23.9 Å². The number of imidazole rings is 1. The molecule has 0 aliphatic rings. The molecule has 0 amide bonds. The molecule has 1 atom stereocenters. The minimum atomic E-state index is -3.12. The lowest BCUT2D eigenvalue weighted by Crippen LogP contribution is -2.25. The van der Waals surface area contributed by atoms with Gasteiger partial charge in [-0.2, -0.15) is 0 Å². The van der Waals surface area contributed by atoms with Crippen molar-refractivity contribution in [2.24, 2.45) is 14.1 Å². The van der Waals surface area contributed by atoms with Crippen LogP contribution in [0.4, 0.5) is 0 Å². The van der Waals surface area contributed by atoms with E-state index >= 15 is 0 Å². The van der Waals surface area contributed by atoms with E-state index in [-0.39, 0.29) is 17.5 Å². The minimum absolute atomic E-state index is 0.00557. The van der Waals surface area contributed by atoms with Crippen LogP contribution in [0.15, 0.2) is 21.4 Å². The number of nitrogens with zero attached hydrogens (tertiary/aromatic N) is 2. The predicted octanol–water partition coefficient (Wildman–Crippen LogP) is 0.945. The molecular formula is C13H18BrN3O3S. The van der Waals surface area contributed by atoms with E-state index in [1.807, 2.05) is 12.1 Å². The zero-order chi connectivity index (χ0) is 15.9. The molecule has 2 rings (SSSR count). The summed E-state index contributed by atoms with van der Waals surface area (Å²) < 4.78 is 27.0. The number of fused-ring (bicyclic) bond motifs is 1. The van der Waals surface area contributed by atoms with Crippen molar-refractivity contribution < 1.29 is 8.42 Å². The molecule has 1 unspecified atom stereocenters. The topological polar surface area (TPSA) is 73.1 Å². The zero-order valence-corrected chi connectivity index (χ0v) is 14.7. The van der Waals surface area contributed by atoms with Gasteiger partial charge in [-0.05, 0) is 24.7 Å². The lowest BCUT2D eigenvalue weighted by Gasteiger charge is -2.17. The van der Waals surface area contributed by atoms with Crippen LogP contribution in [0.3, 0.4) is 0 Å². The van der Waals surface area contributed by atoms with Crippen LogP contribution in [0, 0.1) is 0 Å². The highest BCUT2D eigenvalue weighted by Crippen LogP contribution is 2.29. The van der Waals surface area contributed by atoms with Crippen LogP contribution in [0.25, 0.3) is 11.0 Å². The molecule has 116 valence electrons. The van der Waals surface area contributed by atoms with Gasteiger partial charge in [0.05, 0.1) is 16.8 Å². The molecule has 0 spiro atoms. The molecular weight excluding hydrogens is 358 g/mol. The van der Waals surface area contributed by atoms with Gasteiger partial charge in [0.25, 0.3) is 0 Å². The second-order valence-corrected chi connectivity index (χ2v) is 8.24. The molecule has 0 radical (unpaired) electrons. The number of rotatable bonds is 4. The van der Waals surface area contributed by atoms with Gasteiger partial charge in [-0.15, -0.1) is 0 Å². The standard InChI is InChI=1S/C13H18BrN3O3S/c1-15-10(7-21(4,19)20)8-5-11-12(6-9(8)14)17(3)13(18)16(11)2/h5-6,10,15H,7H2,1-4H3. The van der Waals surface area contributed by atoms with Gasteiger partial charge < -0.3 is 5.32 Å². The lowest BCUT2D eigenvalue weighted by molar-refractivity contribution is 0.579. The number of nitrogens with one attached hydrogen (secondary N) is 1. The molecule has 1 aromatic heterocycles. The van der Waals surface area contributed by atoms with Crippen molar-refractivity contribution in [1.82, 2.24) is 14.5 Å². The van der Waals surface area contributed by atoms with Gasteiger partial charge in [0.2, 0.25) is 0 Å². The third-order valence-corrected chi connectivity index (χ3v) is 5.21. The SMILES string of the molecule is CNC(CS(C)(=O)=O)c1cc2c(cc1Br)n(C)c(=O)n2C. The summed E-state index contributed by atoms with van der Waals surface area (Å²) in [6, 6.07) is 3.36. The van der Waals surface area contributed by atoms with Crippen molar-refractivity contribution >= 4 is 36.8 Å². The van der Waals surface area contributed by atoms with Gasteiger partial charge in [0.1, 0.15) is 9.84 Å². The highest BCUT2D eigenvalue weighted by atomic mass is 79.9. The van der Waals surface area contributed by atoms with Crippen LogP contribution in [0.2, 0.25) is 0 Å². The number of hydrogen-bond acceptors (Lipinski definition) is 4. The molecule has 0 aliphatic heterocycles. The monoisotopic (exact) mass is 375 g/mol. The number of aryl methyl sites for hydroxylation is 2. The van der Waals surface area contributed by atoms with Crippen LogP contribution < -0.4 is 11.0 Å². The molecule has 0 saturated carbocycles. The molecule has 21 heavy (non-hydrogen) atoms. The van der Waals surface area contributed by atoms with Crippen LogP contribution in [0.1, 0.15) is 11.6 Å². The molecule has 1 heterocycles. The largest absolute Gasteiger partial charge is 0.328 e. The van der Waals surface area contributed by atoms with Crippen molar-refractivity contribution in [3.63, 3.8) is 0 Å². The normalized spacial score (nSPS) is 13.8. The Morgan fingerprint density at radius 2 is 1.76 bits per heavy atom. The average molecular weight is 376 g/mol. The number of sulfone groups is 1. The Kier molecular flexibility index (Phi) is 4.32. The first-order valence-corrected chi connectivity index (χ1v) is 9.21. The van der Waals surface area contributed by atoms with E-state index in [0.29, 0.717) is 0 Å². The van der Waals surface area contributed by atoms with E-state index in [1.54, 1.807) is 30.3 Å². The highest BCUT2D eigenvalue weighted by Gasteiger charge is 2.20. The number of aromatic nitrogens is 2. The Labute approximate surface area is 131 Å². The van der Waals surface area contributed by atoms with Gasteiger partial charge in [-0.1, -0.05) is 15.9 Å². The van der Waals surface area contributed by atoms with Crippen molar-refractivity contribution in [2.75, 3.05) is 19.1 Å². The quantitative estimate of drug-likeness (QED) is 0.862. The predicted molar refractivity (Wildman–Crippen MR) is 87.4 cm³/mol. The second-order valence-electron chi connectivity index (χ2n) is 5.20. The Hall–Kier alpha value is -1.12. The van der Waals surface area contributed by atoms with Crippen molar-refractivity contribution in [3.05, 3.63) is 32.7 Å². The number of hydrogen-bond donors (Lipinski definition) is 1. The maximum atomic E-state index is 12.0. The van der Waals surface area contributed by atoms with Gasteiger partial charge in [-0.3, -0.25) is 9.13 Å². The molecule has 0 saturated heterocycles. The highest BCUT2D eigenvalue weighted by molar-refractivity contribution is 9.10. The second kappa shape index (κ2) is 5.58. The third kappa shape index (κ3) is 3.07. The summed E-state index contributed by atoms with van der Waals surface area (Å²) in [5.41, 5.74) is 2.27. The van der Waals surface area contributed by atoms with Crippen molar-refractivity contribution in [1.29, 1.82) is 0 Å². The zero-order valence-electron chi connectivity index (χ0n) is 12.3. The molecule has 1 N–H and O–H groups in total. The molecule has 0 aliphatic carbocycles. The fourth-order valence-corrected chi connectivity index (χ4v) is 3.99. The van der Waals surface area contributed by atoms with Crippen LogP contribution in [-0.4, -0.2) is 36.6 Å². The van der Waals surface area contributed by atoms with E-state index in [2.05, 4.69) is 21.2 Å². The molecule has 6 nitrogen and oxygen atoms in total. The average Bonchev–Trinajstić information content (AvgIpc) is 2.59. The van der Waals surface area contributed by atoms with Gasteiger partial charge in [0.15, 0.2) is 0 Å². The maximum absolute atomic E-state index is 12.0. The first-order chi connectivity index (χ1) is 9.65. The Morgan fingerprint density at radius 1 is 1.24 bits per heavy atom. The fourth-order valence-electron chi connectivity index (χ4n) is 2.43. The van der Waals surface area contributed by atoms with Gasteiger partial charge >= 0.3 is 5.69 Å². The van der Waals surface area contributed by atoms with E-state index < -0.39 is 9.84 Å². The van der Waals surface area contributed by atoms with E-state index in [9.17, 15) is 13.2 Å². The molecule has 8 heteroatoms. The first kappa shape index (κ1) is 16.3. The summed E-state index contributed by atoms with van der Waals surface area (Å²) in [6.45, 7) is 0. The fraction of sp³-hybridized carbons (Fsp3) is 0.462. The lowest BCUT2D eigenvalue weighted by atomic mass is 10.1.